The summed E-state index contributed by atoms with van der Waals surface area (Å²) in [5, 5.41) is 3.48. The molecule has 0 aliphatic carbocycles. The molecular formula is C21H35N3O3. The second-order valence-corrected chi connectivity index (χ2v) is 6.92. The summed E-state index contributed by atoms with van der Waals surface area (Å²) in [4.78, 5) is 6.76. The van der Waals surface area contributed by atoms with Crippen LogP contribution in [0.4, 0.5) is 0 Å². The van der Waals surface area contributed by atoms with Gasteiger partial charge in [0.15, 0.2) is 5.96 Å². The number of guanidine groups is 1. The molecule has 0 bridgehead atoms. The van der Waals surface area contributed by atoms with E-state index in [1.165, 1.54) is 5.56 Å². The van der Waals surface area contributed by atoms with Gasteiger partial charge in [0, 0.05) is 39.7 Å². The lowest BCUT2D eigenvalue weighted by Crippen LogP contribution is -2.39. The number of nitrogens with zero attached hydrogens (tertiary/aromatic N) is 2. The largest absolute Gasteiger partial charge is 0.494 e. The summed E-state index contributed by atoms with van der Waals surface area (Å²) < 4.78 is 16.5. The summed E-state index contributed by atoms with van der Waals surface area (Å²) in [6, 6.07) is 8.28. The van der Waals surface area contributed by atoms with Crippen LogP contribution in [-0.2, 0) is 16.0 Å². The zero-order valence-electron chi connectivity index (χ0n) is 17.1. The van der Waals surface area contributed by atoms with Gasteiger partial charge in [-0.25, -0.2) is 0 Å². The highest BCUT2D eigenvalue weighted by Gasteiger charge is 2.24. The zero-order chi connectivity index (χ0) is 19.3. The van der Waals surface area contributed by atoms with Crippen molar-refractivity contribution in [2.75, 3.05) is 53.7 Å². The second kappa shape index (κ2) is 12.6. The number of hydrogen-bond acceptors (Lipinski definition) is 4. The van der Waals surface area contributed by atoms with Gasteiger partial charge in [-0.3, -0.25) is 4.99 Å². The van der Waals surface area contributed by atoms with Crippen LogP contribution in [0.2, 0.25) is 0 Å². The summed E-state index contributed by atoms with van der Waals surface area (Å²) in [6.07, 6.45) is 3.36. The average molecular weight is 378 g/mol. The van der Waals surface area contributed by atoms with Crippen molar-refractivity contribution in [3.8, 4) is 5.75 Å². The van der Waals surface area contributed by atoms with Gasteiger partial charge in [-0.2, -0.15) is 0 Å². The van der Waals surface area contributed by atoms with E-state index in [-0.39, 0.29) is 0 Å². The van der Waals surface area contributed by atoms with E-state index >= 15 is 0 Å². The highest BCUT2D eigenvalue weighted by Crippen LogP contribution is 2.17. The first-order chi connectivity index (χ1) is 13.3. The SMILES string of the molecule is CCCCOc1cccc(CNC(=NC)N2CCC(COCCOC)C2)c1. The number of nitrogens with one attached hydrogen (secondary N) is 1. The molecule has 0 radical (unpaired) electrons. The number of ether oxygens (including phenoxy) is 3. The minimum absolute atomic E-state index is 0.552. The van der Waals surface area contributed by atoms with Gasteiger partial charge in [-0.1, -0.05) is 25.5 Å². The zero-order valence-corrected chi connectivity index (χ0v) is 17.1. The molecule has 1 aliphatic heterocycles. The molecule has 152 valence electrons. The van der Waals surface area contributed by atoms with Crippen molar-refractivity contribution < 1.29 is 14.2 Å². The van der Waals surface area contributed by atoms with E-state index in [0.717, 1.165) is 63.8 Å². The molecule has 27 heavy (non-hydrogen) atoms. The maximum Gasteiger partial charge on any atom is 0.193 e. The summed E-state index contributed by atoms with van der Waals surface area (Å²) in [7, 11) is 3.54. The van der Waals surface area contributed by atoms with Crippen LogP contribution in [0.1, 0.15) is 31.7 Å². The molecular weight excluding hydrogens is 342 g/mol. The lowest BCUT2D eigenvalue weighted by atomic mass is 10.1. The Morgan fingerprint density at radius 1 is 1.30 bits per heavy atom. The maximum absolute atomic E-state index is 5.80. The predicted molar refractivity (Wildman–Crippen MR) is 109 cm³/mol. The number of rotatable bonds is 11. The predicted octanol–water partition coefficient (Wildman–Crippen LogP) is 2.93. The maximum atomic E-state index is 5.80. The topological polar surface area (TPSA) is 55.3 Å². The molecule has 1 N–H and O–H groups in total. The van der Waals surface area contributed by atoms with E-state index in [9.17, 15) is 0 Å². The smallest absolute Gasteiger partial charge is 0.193 e. The molecule has 2 rings (SSSR count). The minimum atomic E-state index is 0.552. The standard InChI is InChI=1S/C21H35N3O3/c1-4-5-11-27-20-8-6-7-18(14-20)15-23-21(22-2)24-10-9-19(16-24)17-26-13-12-25-3/h6-8,14,19H,4-5,9-13,15-17H2,1-3H3,(H,22,23). The minimum Gasteiger partial charge on any atom is -0.494 e. The van der Waals surface area contributed by atoms with Crippen molar-refractivity contribution in [2.45, 2.75) is 32.7 Å². The van der Waals surface area contributed by atoms with E-state index in [1.54, 1.807) is 7.11 Å². The molecule has 1 aromatic rings. The first-order valence-corrected chi connectivity index (χ1v) is 10.0. The first-order valence-electron chi connectivity index (χ1n) is 10.0. The van der Waals surface area contributed by atoms with Crippen molar-refractivity contribution in [1.82, 2.24) is 10.2 Å². The van der Waals surface area contributed by atoms with Crippen molar-refractivity contribution in [3.05, 3.63) is 29.8 Å². The summed E-state index contributed by atoms with van der Waals surface area (Å²) >= 11 is 0. The van der Waals surface area contributed by atoms with Gasteiger partial charge in [-0.15, -0.1) is 0 Å². The molecule has 1 saturated heterocycles. The Balaban J connectivity index is 1.76. The molecule has 1 atom stereocenters. The molecule has 1 aromatic carbocycles. The van der Waals surface area contributed by atoms with Crippen molar-refractivity contribution in [3.63, 3.8) is 0 Å². The fraction of sp³-hybridized carbons (Fsp3) is 0.667. The number of hydrogen-bond donors (Lipinski definition) is 1. The molecule has 0 amide bonds. The van der Waals surface area contributed by atoms with Crippen LogP contribution in [0.5, 0.6) is 5.75 Å². The van der Waals surface area contributed by atoms with Gasteiger partial charge in [0.25, 0.3) is 0 Å². The van der Waals surface area contributed by atoms with Crippen LogP contribution in [-0.4, -0.2) is 64.5 Å². The van der Waals surface area contributed by atoms with E-state index in [0.29, 0.717) is 19.1 Å². The summed E-state index contributed by atoms with van der Waals surface area (Å²) in [5.41, 5.74) is 1.20. The van der Waals surface area contributed by atoms with Gasteiger partial charge >= 0.3 is 0 Å². The van der Waals surface area contributed by atoms with Gasteiger partial charge < -0.3 is 24.4 Å². The van der Waals surface area contributed by atoms with Crippen LogP contribution in [0.15, 0.2) is 29.3 Å². The molecule has 6 nitrogen and oxygen atoms in total. The Hall–Kier alpha value is -1.79. The third-order valence-corrected chi connectivity index (χ3v) is 4.70. The lowest BCUT2D eigenvalue weighted by Gasteiger charge is -2.22. The fourth-order valence-corrected chi connectivity index (χ4v) is 3.15. The van der Waals surface area contributed by atoms with E-state index in [4.69, 9.17) is 14.2 Å². The average Bonchev–Trinajstić information content (AvgIpc) is 3.15. The molecule has 1 unspecified atom stereocenters. The highest BCUT2D eigenvalue weighted by atomic mass is 16.5. The van der Waals surface area contributed by atoms with Crippen LogP contribution in [0.25, 0.3) is 0 Å². The summed E-state index contributed by atoms with van der Waals surface area (Å²) in [5.74, 6) is 2.44. The third-order valence-electron chi connectivity index (χ3n) is 4.70. The van der Waals surface area contributed by atoms with Crippen LogP contribution in [0.3, 0.4) is 0 Å². The number of unbranched alkanes of at least 4 members (excludes halogenated alkanes) is 1. The van der Waals surface area contributed by atoms with E-state index in [1.807, 2.05) is 19.2 Å². The number of benzene rings is 1. The molecule has 1 fully saturated rings. The van der Waals surface area contributed by atoms with Gasteiger partial charge in [0.1, 0.15) is 5.75 Å². The highest BCUT2D eigenvalue weighted by molar-refractivity contribution is 5.80. The van der Waals surface area contributed by atoms with Crippen molar-refractivity contribution in [2.24, 2.45) is 10.9 Å². The molecule has 1 heterocycles. The van der Waals surface area contributed by atoms with Crippen LogP contribution in [0, 0.1) is 5.92 Å². The first kappa shape index (κ1) is 21.5. The Kier molecular flexibility index (Phi) is 10.0. The van der Waals surface area contributed by atoms with Gasteiger partial charge in [-0.05, 0) is 30.5 Å². The lowest BCUT2D eigenvalue weighted by molar-refractivity contribution is 0.0536. The number of aliphatic imine (C=N–C) groups is 1. The Morgan fingerprint density at radius 2 is 2.19 bits per heavy atom. The molecule has 6 heteroatoms. The Morgan fingerprint density at radius 3 is 2.96 bits per heavy atom. The van der Waals surface area contributed by atoms with Crippen LogP contribution < -0.4 is 10.1 Å². The Labute approximate surface area is 163 Å². The molecule has 0 aromatic heterocycles. The van der Waals surface area contributed by atoms with E-state index < -0.39 is 0 Å². The van der Waals surface area contributed by atoms with Gasteiger partial charge in [0.2, 0.25) is 0 Å². The second-order valence-electron chi connectivity index (χ2n) is 6.92. The summed E-state index contributed by atoms with van der Waals surface area (Å²) in [6.45, 7) is 7.78. The normalized spacial score (nSPS) is 17.4. The van der Waals surface area contributed by atoms with Gasteiger partial charge in [0.05, 0.1) is 26.4 Å². The van der Waals surface area contributed by atoms with Crippen molar-refractivity contribution in [1.29, 1.82) is 0 Å². The third kappa shape index (κ3) is 7.77. The molecule has 0 saturated carbocycles. The number of methoxy groups -OCH3 is 1. The van der Waals surface area contributed by atoms with E-state index in [2.05, 4.69) is 34.3 Å². The monoisotopic (exact) mass is 377 g/mol. The molecule has 0 spiro atoms. The molecule has 1 aliphatic rings. The fourth-order valence-electron chi connectivity index (χ4n) is 3.15. The quantitative estimate of drug-likeness (QED) is 0.365. The Bertz CT molecular complexity index is 565. The van der Waals surface area contributed by atoms with Crippen molar-refractivity contribution >= 4 is 5.96 Å². The number of likely N-dealkylation sites (tertiary alicyclic amines) is 1. The van der Waals surface area contributed by atoms with Crippen LogP contribution >= 0.6 is 0 Å².